The van der Waals surface area contributed by atoms with E-state index in [1.54, 1.807) is 0 Å². The molecule has 0 aromatic carbocycles. The monoisotopic (exact) mass is 260 g/mol. The van der Waals surface area contributed by atoms with Crippen LogP contribution in [0.15, 0.2) is 0 Å². The van der Waals surface area contributed by atoms with Gasteiger partial charge >= 0.3 is 0 Å². The predicted octanol–water partition coefficient (Wildman–Crippen LogP) is -0.499. The first kappa shape index (κ1) is 12.8. The highest BCUT2D eigenvalue weighted by molar-refractivity contribution is 4.97. The van der Waals surface area contributed by atoms with Crippen LogP contribution in [0.25, 0.3) is 0 Å². The molecule has 0 aromatic rings. The van der Waals surface area contributed by atoms with Crippen molar-refractivity contribution in [2.75, 3.05) is 6.61 Å². The van der Waals surface area contributed by atoms with Crippen molar-refractivity contribution in [1.29, 1.82) is 0 Å². The molecule has 2 aliphatic heterocycles. The third-order valence-corrected chi connectivity index (χ3v) is 4.10. The fourth-order valence-corrected chi connectivity index (χ4v) is 3.12. The van der Waals surface area contributed by atoms with E-state index in [9.17, 15) is 10.2 Å². The summed E-state index contributed by atoms with van der Waals surface area (Å²) in [4.78, 5) is 0. The van der Waals surface area contributed by atoms with Gasteiger partial charge in [0.05, 0.1) is 6.61 Å². The molecule has 3 N–H and O–H groups in total. The fraction of sp³-hybridized carbons (Fsp3) is 1.00. The number of rotatable bonds is 2. The first-order chi connectivity index (χ1) is 8.65. The minimum atomic E-state index is -1.11. The molecule has 0 amide bonds. The van der Waals surface area contributed by atoms with Crippen molar-refractivity contribution in [1.82, 2.24) is 0 Å². The van der Waals surface area contributed by atoms with Crippen molar-refractivity contribution in [3.05, 3.63) is 0 Å². The third-order valence-electron chi connectivity index (χ3n) is 4.10. The van der Waals surface area contributed by atoms with Gasteiger partial charge in [0.1, 0.15) is 24.4 Å². The van der Waals surface area contributed by atoms with Gasteiger partial charge in [-0.1, -0.05) is 6.42 Å². The molecule has 6 heteroatoms. The maximum absolute atomic E-state index is 10.1. The average molecular weight is 260 g/mol. The predicted molar refractivity (Wildman–Crippen MR) is 59.5 cm³/mol. The standard InChI is InChI=1S/C12H20O6/c13-6-7(14)9-8(15)10-11(16-9)18-12(17-10)4-2-1-3-5-12/h7-11,13-15H,1-6H2/t7-,8-,9+,10-,11-/m1/s1. The molecular weight excluding hydrogens is 240 g/mol. The molecule has 2 heterocycles. The smallest absolute Gasteiger partial charge is 0.190 e. The van der Waals surface area contributed by atoms with E-state index in [-0.39, 0.29) is 0 Å². The Balaban J connectivity index is 1.68. The molecule has 104 valence electrons. The highest BCUT2D eigenvalue weighted by Crippen LogP contribution is 2.45. The number of hydrogen-bond acceptors (Lipinski definition) is 6. The van der Waals surface area contributed by atoms with E-state index in [0.29, 0.717) is 0 Å². The van der Waals surface area contributed by atoms with Crippen LogP contribution < -0.4 is 0 Å². The second-order valence-corrected chi connectivity index (χ2v) is 5.38. The number of ether oxygens (including phenoxy) is 3. The molecule has 3 rings (SSSR count). The van der Waals surface area contributed by atoms with Crippen LogP contribution in [0.3, 0.4) is 0 Å². The quantitative estimate of drug-likeness (QED) is 0.620. The zero-order valence-corrected chi connectivity index (χ0v) is 10.2. The van der Waals surface area contributed by atoms with Gasteiger partial charge in [0.15, 0.2) is 12.1 Å². The summed E-state index contributed by atoms with van der Waals surface area (Å²) in [5.74, 6) is -0.607. The summed E-state index contributed by atoms with van der Waals surface area (Å²) in [7, 11) is 0. The molecule has 1 spiro atoms. The molecule has 1 saturated carbocycles. The van der Waals surface area contributed by atoms with E-state index in [4.69, 9.17) is 19.3 Å². The lowest BCUT2D eigenvalue weighted by atomic mass is 9.94. The number of hydrogen-bond donors (Lipinski definition) is 3. The summed E-state index contributed by atoms with van der Waals surface area (Å²) >= 11 is 0. The Hall–Kier alpha value is -0.240. The zero-order valence-electron chi connectivity index (χ0n) is 10.2. The molecular formula is C12H20O6. The van der Waals surface area contributed by atoms with E-state index < -0.39 is 43.1 Å². The third kappa shape index (κ3) is 1.97. The van der Waals surface area contributed by atoms with Crippen molar-refractivity contribution in [3.63, 3.8) is 0 Å². The van der Waals surface area contributed by atoms with Crippen LogP contribution in [0.5, 0.6) is 0 Å². The van der Waals surface area contributed by atoms with E-state index in [2.05, 4.69) is 0 Å². The van der Waals surface area contributed by atoms with Gasteiger partial charge in [-0.05, 0) is 12.8 Å². The van der Waals surface area contributed by atoms with Gasteiger partial charge in [0, 0.05) is 12.8 Å². The van der Waals surface area contributed by atoms with E-state index in [0.717, 1.165) is 25.7 Å². The summed E-state index contributed by atoms with van der Waals surface area (Å²) < 4.78 is 17.1. The van der Waals surface area contributed by atoms with Gasteiger partial charge in [-0.15, -0.1) is 0 Å². The lowest BCUT2D eigenvalue weighted by molar-refractivity contribution is -0.254. The first-order valence-electron chi connectivity index (χ1n) is 6.63. The van der Waals surface area contributed by atoms with Gasteiger partial charge in [-0.25, -0.2) is 0 Å². The summed E-state index contributed by atoms with van der Waals surface area (Å²) in [5, 5.41) is 28.5. The maximum Gasteiger partial charge on any atom is 0.190 e. The van der Waals surface area contributed by atoms with Crippen molar-refractivity contribution in [3.8, 4) is 0 Å². The zero-order chi connectivity index (χ0) is 12.8. The normalized spacial score (nSPS) is 44.2. The lowest BCUT2D eigenvalue weighted by Crippen LogP contribution is -2.43. The number of aliphatic hydroxyl groups excluding tert-OH is 3. The SMILES string of the molecule is OC[C@@H](O)[C@@H]1O[C@@H]2OC3(CCCCC3)O[C@@H]2[C@@H]1O. The molecule has 0 radical (unpaired) electrons. The van der Waals surface area contributed by atoms with Crippen molar-refractivity contribution >= 4 is 0 Å². The molecule has 0 bridgehead atoms. The van der Waals surface area contributed by atoms with E-state index >= 15 is 0 Å². The molecule has 0 unspecified atom stereocenters. The highest BCUT2D eigenvalue weighted by atomic mass is 16.8. The Kier molecular flexibility index (Phi) is 3.34. The van der Waals surface area contributed by atoms with Gasteiger partial charge in [-0.2, -0.15) is 0 Å². The molecule has 1 aliphatic carbocycles. The molecule has 3 aliphatic rings. The lowest BCUT2D eigenvalue weighted by Gasteiger charge is -2.33. The molecule has 2 saturated heterocycles. The Morgan fingerprint density at radius 1 is 1.17 bits per heavy atom. The Morgan fingerprint density at radius 2 is 1.89 bits per heavy atom. The summed E-state index contributed by atoms with van der Waals surface area (Å²) in [6, 6.07) is 0. The molecule has 0 aromatic heterocycles. The van der Waals surface area contributed by atoms with E-state index in [1.165, 1.54) is 6.42 Å². The van der Waals surface area contributed by atoms with Gasteiger partial charge in [0.2, 0.25) is 0 Å². The molecule has 6 nitrogen and oxygen atoms in total. The minimum absolute atomic E-state index is 0.452. The molecule has 18 heavy (non-hydrogen) atoms. The Labute approximate surface area is 105 Å². The highest BCUT2D eigenvalue weighted by Gasteiger charge is 2.58. The summed E-state index contributed by atoms with van der Waals surface area (Å²) in [5.41, 5.74) is 0. The van der Waals surface area contributed by atoms with E-state index in [1.807, 2.05) is 0 Å². The van der Waals surface area contributed by atoms with Crippen LogP contribution in [0.2, 0.25) is 0 Å². The second kappa shape index (κ2) is 4.70. The topological polar surface area (TPSA) is 88.4 Å². The van der Waals surface area contributed by atoms with Crippen molar-refractivity contribution in [2.45, 2.75) is 68.6 Å². The molecule has 3 fully saturated rings. The van der Waals surface area contributed by atoms with Gasteiger partial charge < -0.3 is 29.5 Å². The summed E-state index contributed by atoms with van der Waals surface area (Å²) in [6.45, 7) is -0.452. The molecule has 5 atom stereocenters. The summed E-state index contributed by atoms with van der Waals surface area (Å²) in [6.07, 6.45) is 0.824. The number of aliphatic hydroxyl groups is 3. The Bertz CT molecular complexity index is 303. The number of fused-ring (bicyclic) bond motifs is 1. The Morgan fingerprint density at radius 3 is 2.50 bits per heavy atom. The fourth-order valence-electron chi connectivity index (χ4n) is 3.12. The van der Waals surface area contributed by atoms with Crippen LogP contribution in [0, 0.1) is 0 Å². The van der Waals surface area contributed by atoms with Crippen LogP contribution in [-0.2, 0) is 14.2 Å². The van der Waals surface area contributed by atoms with Crippen LogP contribution >= 0.6 is 0 Å². The first-order valence-corrected chi connectivity index (χ1v) is 6.63. The van der Waals surface area contributed by atoms with Gasteiger partial charge in [-0.3, -0.25) is 0 Å². The van der Waals surface area contributed by atoms with Crippen molar-refractivity contribution in [2.24, 2.45) is 0 Å². The van der Waals surface area contributed by atoms with Crippen LogP contribution in [0.4, 0.5) is 0 Å². The van der Waals surface area contributed by atoms with Crippen LogP contribution in [0.1, 0.15) is 32.1 Å². The van der Waals surface area contributed by atoms with Crippen LogP contribution in [-0.4, -0.2) is 58.4 Å². The van der Waals surface area contributed by atoms with Gasteiger partial charge in [0.25, 0.3) is 0 Å². The minimum Gasteiger partial charge on any atom is -0.394 e. The maximum atomic E-state index is 10.1. The largest absolute Gasteiger partial charge is 0.394 e. The average Bonchev–Trinajstić information content (AvgIpc) is 2.86. The second-order valence-electron chi connectivity index (χ2n) is 5.38. The van der Waals surface area contributed by atoms with Crippen molar-refractivity contribution < 1.29 is 29.5 Å².